The number of hydrogen-bond donors (Lipinski definition) is 3. The molecule has 0 radical (unpaired) electrons. The minimum atomic E-state index is 0. The summed E-state index contributed by atoms with van der Waals surface area (Å²) in [5.74, 6) is 1.72. The van der Waals surface area contributed by atoms with Gasteiger partial charge in [-0.1, -0.05) is 24.3 Å². The maximum Gasteiger partial charge on any atom is 0.239 e. The smallest absolute Gasteiger partial charge is 0.239 e. The van der Waals surface area contributed by atoms with E-state index in [9.17, 15) is 4.79 Å². The molecule has 7 nitrogen and oxygen atoms in total. The number of amides is 1. The van der Waals surface area contributed by atoms with Crippen LogP contribution in [0.4, 0.5) is 5.69 Å². The molecule has 0 unspecified atom stereocenters. The number of piperazine rings is 1. The number of nitrogens with one attached hydrogen (secondary N) is 3. The van der Waals surface area contributed by atoms with Crippen LogP contribution in [0.25, 0.3) is 0 Å². The van der Waals surface area contributed by atoms with Gasteiger partial charge in [-0.25, -0.2) is 0 Å². The first-order chi connectivity index (χ1) is 14.2. The molecule has 3 N–H and O–H groups in total. The second-order valence-electron chi connectivity index (χ2n) is 6.89. The van der Waals surface area contributed by atoms with Gasteiger partial charge < -0.3 is 25.6 Å². The van der Waals surface area contributed by atoms with Gasteiger partial charge in [0.1, 0.15) is 5.75 Å². The Balaban J connectivity index is 0.00000320. The number of carbonyl (C=O) groups excluding carboxylic acids is 1. The van der Waals surface area contributed by atoms with Crippen LogP contribution in [0.5, 0.6) is 5.75 Å². The minimum Gasteiger partial charge on any atom is -0.497 e. The van der Waals surface area contributed by atoms with Crippen LogP contribution in [0, 0.1) is 0 Å². The summed E-state index contributed by atoms with van der Waals surface area (Å²) in [7, 11) is 3.44. The molecule has 0 spiro atoms. The Morgan fingerprint density at radius 1 is 1.10 bits per heavy atom. The summed E-state index contributed by atoms with van der Waals surface area (Å²) in [6, 6.07) is 16.4. The van der Waals surface area contributed by atoms with Crippen molar-refractivity contribution in [2.75, 3.05) is 45.2 Å². The normalized spacial score (nSPS) is 13.9. The lowest BCUT2D eigenvalue weighted by Gasteiger charge is -2.28. The van der Waals surface area contributed by atoms with Crippen molar-refractivity contribution >= 4 is 41.5 Å². The van der Waals surface area contributed by atoms with Crippen molar-refractivity contribution in [3.05, 3.63) is 59.7 Å². The van der Waals surface area contributed by atoms with Gasteiger partial charge in [-0.05, 0) is 41.8 Å². The second kappa shape index (κ2) is 12.3. The molecule has 8 heteroatoms. The van der Waals surface area contributed by atoms with Crippen LogP contribution >= 0.6 is 24.0 Å². The van der Waals surface area contributed by atoms with E-state index in [1.54, 1.807) is 14.2 Å². The lowest BCUT2D eigenvalue weighted by Crippen LogP contribution is -2.47. The Hall–Kier alpha value is -2.49. The van der Waals surface area contributed by atoms with Crippen molar-refractivity contribution in [2.24, 2.45) is 4.99 Å². The predicted molar refractivity (Wildman–Crippen MR) is 132 cm³/mol. The number of hydrogen-bond acceptors (Lipinski definition) is 4. The largest absolute Gasteiger partial charge is 0.497 e. The minimum absolute atomic E-state index is 0. The van der Waals surface area contributed by atoms with E-state index in [0.717, 1.165) is 42.5 Å². The number of rotatable bonds is 7. The number of benzene rings is 2. The third-order valence-corrected chi connectivity index (χ3v) is 4.89. The maximum atomic E-state index is 11.5. The monoisotopic (exact) mass is 523 g/mol. The molecule has 162 valence electrons. The Bertz CT molecular complexity index is 824. The van der Waals surface area contributed by atoms with Gasteiger partial charge in [-0.15, -0.1) is 24.0 Å². The fourth-order valence-electron chi connectivity index (χ4n) is 3.21. The van der Waals surface area contributed by atoms with E-state index >= 15 is 0 Å². The highest BCUT2D eigenvalue weighted by Gasteiger charge is 2.16. The molecular formula is C22H30IN5O2. The second-order valence-corrected chi connectivity index (χ2v) is 6.89. The number of ether oxygens (including phenoxy) is 1. The highest BCUT2D eigenvalue weighted by atomic mass is 127. The first-order valence-electron chi connectivity index (χ1n) is 9.86. The SMILES string of the molecule is CN=C(NCCc1ccc(OC)cc1)NCc1ccc(N2CCNC(=O)C2)cc1.I. The molecule has 30 heavy (non-hydrogen) atoms. The molecule has 1 saturated heterocycles. The number of anilines is 1. The molecule has 0 atom stereocenters. The quantitative estimate of drug-likeness (QED) is 0.295. The highest BCUT2D eigenvalue weighted by molar-refractivity contribution is 14.0. The summed E-state index contributed by atoms with van der Waals surface area (Å²) >= 11 is 0. The van der Waals surface area contributed by atoms with Crippen molar-refractivity contribution in [1.82, 2.24) is 16.0 Å². The van der Waals surface area contributed by atoms with Gasteiger partial charge >= 0.3 is 0 Å². The van der Waals surface area contributed by atoms with Gasteiger partial charge in [0.05, 0.1) is 13.7 Å². The molecule has 0 aromatic heterocycles. The van der Waals surface area contributed by atoms with Crippen molar-refractivity contribution < 1.29 is 9.53 Å². The number of guanidine groups is 1. The molecule has 1 fully saturated rings. The molecule has 1 amide bonds. The van der Waals surface area contributed by atoms with Crippen LogP contribution < -0.4 is 25.6 Å². The lowest BCUT2D eigenvalue weighted by atomic mass is 10.1. The Kier molecular flexibility index (Phi) is 9.72. The van der Waals surface area contributed by atoms with E-state index in [1.807, 2.05) is 12.1 Å². The van der Waals surface area contributed by atoms with Gasteiger partial charge in [-0.3, -0.25) is 9.79 Å². The average molecular weight is 523 g/mol. The lowest BCUT2D eigenvalue weighted by molar-refractivity contribution is -0.120. The first-order valence-corrected chi connectivity index (χ1v) is 9.86. The fourth-order valence-corrected chi connectivity index (χ4v) is 3.21. The van der Waals surface area contributed by atoms with Crippen molar-refractivity contribution in [2.45, 2.75) is 13.0 Å². The molecule has 3 rings (SSSR count). The zero-order valence-corrected chi connectivity index (χ0v) is 19.8. The zero-order chi connectivity index (χ0) is 20.5. The van der Waals surface area contributed by atoms with Crippen LogP contribution in [0.15, 0.2) is 53.5 Å². The third-order valence-electron chi connectivity index (χ3n) is 4.89. The predicted octanol–water partition coefficient (Wildman–Crippen LogP) is 2.16. The number of nitrogens with zero attached hydrogens (tertiary/aromatic N) is 2. The molecule has 2 aromatic carbocycles. The third kappa shape index (κ3) is 7.08. The summed E-state index contributed by atoms with van der Waals surface area (Å²) in [6.45, 7) is 3.43. The van der Waals surface area contributed by atoms with Crippen LogP contribution in [0.2, 0.25) is 0 Å². The molecule has 2 aromatic rings. The van der Waals surface area contributed by atoms with Crippen molar-refractivity contribution in [3.8, 4) is 5.75 Å². The van der Waals surface area contributed by atoms with Crippen LogP contribution in [0.3, 0.4) is 0 Å². The van der Waals surface area contributed by atoms with E-state index in [1.165, 1.54) is 5.56 Å². The van der Waals surface area contributed by atoms with Crippen LogP contribution in [-0.2, 0) is 17.8 Å². The number of carbonyl (C=O) groups is 1. The van der Waals surface area contributed by atoms with Gasteiger partial charge in [-0.2, -0.15) is 0 Å². The molecule has 1 aliphatic rings. The summed E-state index contributed by atoms with van der Waals surface area (Å²) < 4.78 is 5.18. The van der Waals surface area contributed by atoms with E-state index in [0.29, 0.717) is 19.6 Å². The van der Waals surface area contributed by atoms with Crippen molar-refractivity contribution in [1.29, 1.82) is 0 Å². The topological polar surface area (TPSA) is 78.0 Å². The summed E-state index contributed by atoms with van der Waals surface area (Å²) in [5, 5.41) is 9.53. The number of methoxy groups -OCH3 is 1. The van der Waals surface area contributed by atoms with Gasteiger partial charge in [0.25, 0.3) is 0 Å². The summed E-state index contributed by atoms with van der Waals surface area (Å²) in [5.41, 5.74) is 3.48. The maximum absolute atomic E-state index is 11.5. The molecule has 0 bridgehead atoms. The highest BCUT2D eigenvalue weighted by Crippen LogP contribution is 2.16. The molecule has 1 heterocycles. The standard InChI is InChI=1S/C22H29N5O2.HI/c1-23-22(25-12-11-17-5-9-20(29-2)10-6-17)26-15-18-3-7-19(8-4-18)27-14-13-24-21(28)16-27;/h3-10H,11-16H2,1-2H3,(H,24,28)(H2,23,25,26);1H. The van der Waals surface area contributed by atoms with Gasteiger partial charge in [0.15, 0.2) is 5.96 Å². The van der Waals surface area contributed by atoms with Crippen LogP contribution in [-0.4, -0.2) is 52.2 Å². The van der Waals surface area contributed by atoms with Gasteiger partial charge in [0.2, 0.25) is 5.91 Å². The van der Waals surface area contributed by atoms with E-state index in [2.05, 4.69) is 62.2 Å². The summed E-state index contributed by atoms with van der Waals surface area (Å²) in [6.07, 6.45) is 0.906. The Morgan fingerprint density at radius 3 is 2.43 bits per heavy atom. The Morgan fingerprint density at radius 2 is 1.80 bits per heavy atom. The van der Waals surface area contributed by atoms with Crippen LogP contribution in [0.1, 0.15) is 11.1 Å². The number of aliphatic imine (C=N–C) groups is 1. The molecule has 0 aliphatic carbocycles. The van der Waals surface area contributed by atoms with E-state index < -0.39 is 0 Å². The van der Waals surface area contributed by atoms with Crippen molar-refractivity contribution in [3.63, 3.8) is 0 Å². The first kappa shape index (κ1) is 23.8. The molecule has 0 saturated carbocycles. The average Bonchev–Trinajstić information content (AvgIpc) is 2.77. The Labute approximate surface area is 195 Å². The van der Waals surface area contributed by atoms with Gasteiger partial charge in [0, 0.05) is 38.9 Å². The number of halogens is 1. The zero-order valence-electron chi connectivity index (χ0n) is 17.5. The molecule has 1 aliphatic heterocycles. The summed E-state index contributed by atoms with van der Waals surface area (Å²) in [4.78, 5) is 17.9. The van der Waals surface area contributed by atoms with E-state index in [-0.39, 0.29) is 29.9 Å². The van der Waals surface area contributed by atoms with E-state index in [4.69, 9.17) is 4.74 Å². The fraction of sp³-hybridized carbons (Fsp3) is 0.364. The molecular weight excluding hydrogens is 493 g/mol.